The van der Waals surface area contributed by atoms with Gasteiger partial charge in [-0.3, -0.25) is 0 Å². The van der Waals surface area contributed by atoms with Crippen LogP contribution in [0.15, 0.2) is 36.5 Å². The van der Waals surface area contributed by atoms with Gasteiger partial charge in [0, 0.05) is 5.56 Å². The minimum atomic E-state index is 0.197. The molecule has 2 aromatic rings. The number of hydrogen-bond donors (Lipinski definition) is 1. The summed E-state index contributed by atoms with van der Waals surface area (Å²) in [6, 6.07) is 8.67. The van der Waals surface area contributed by atoms with Crippen molar-refractivity contribution in [3.05, 3.63) is 36.5 Å². The van der Waals surface area contributed by atoms with E-state index in [4.69, 9.17) is 0 Å². The van der Waals surface area contributed by atoms with Gasteiger partial charge in [-0.25, -0.2) is 0 Å². The summed E-state index contributed by atoms with van der Waals surface area (Å²) >= 11 is 0. The molecule has 13 heavy (non-hydrogen) atoms. The molecule has 0 aliphatic heterocycles. The average Bonchev–Trinajstić information content (AvgIpc) is 2.20. The van der Waals surface area contributed by atoms with Gasteiger partial charge in [0.1, 0.15) is 5.75 Å². The molecule has 1 heterocycles. The Morgan fingerprint density at radius 2 is 1.92 bits per heavy atom. The Balaban J connectivity index is 2.54. The number of rotatable bonds is 1. The second kappa shape index (κ2) is 3.18. The molecule has 0 spiro atoms. The summed E-state index contributed by atoms with van der Waals surface area (Å²) in [4.78, 5) is 0. The van der Waals surface area contributed by atoms with E-state index in [1.807, 2.05) is 6.07 Å². The molecule has 1 aromatic heterocycles. The van der Waals surface area contributed by atoms with E-state index in [9.17, 15) is 5.11 Å². The van der Waals surface area contributed by atoms with Crippen molar-refractivity contribution in [2.75, 3.05) is 0 Å². The van der Waals surface area contributed by atoms with Crippen molar-refractivity contribution < 1.29 is 5.11 Å². The van der Waals surface area contributed by atoms with Gasteiger partial charge in [-0.15, -0.1) is 10.2 Å². The maximum Gasteiger partial charge on any atom is 0.125 e. The van der Waals surface area contributed by atoms with E-state index in [1.165, 1.54) is 6.20 Å². The number of nitrogens with zero attached hydrogens (tertiary/aromatic N) is 3. The smallest absolute Gasteiger partial charge is 0.125 e. The highest BCUT2D eigenvalue weighted by Gasteiger charge is 2.03. The van der Waals surface area contributed by atoms with Gasteiger partial charge in [0.25, 0.3) is 0 Å². The van der Waals surface area contributed by atoms with E-state index < -0.39 is 0 Å². The van der Waals surface area contributed by atoms with Crippen LogP contribution in [0, 0.1) is 0 Å². The largest absolute Gasteiger partial charge is 0.507 e. The summed E-state index contributed by atoms with van der Waals surface area (Å²) in [5.41, 5.74) is 1.28. The lowest BCUT2D eigenvalue weighted by Gasteiger charge is -2.00. The summed E-state index contributed by atoms with van der Waals surface area (Å²) in [6.45, 7) is 0. The van der Waals surface area contributed by atoms with Gasteiger partial charge in [-0.2, -0.15) is 0 Å². The van der Waals surface area contributed by atoms with Gasteiger partial charge in [-0.05, 0) is 23.4 Å². The third kappa shape index (κ3) is 1.46. The number of aromatic nitrogens is 3. The van der Waals surface area contributed by atoms with Crippen LogP contribution in [0.5, 0.6) is 5.75 Å². The van der Waals surface area contributed by atoms with Crippen LogP contribution in [0.3, 0.4) is 0 Å². The summed E-state index contributed by atoms with van der Waals surface area (Å²) in [7, 11) is 0. The minimum Gasteiger partial charge on any atom is -0.507 e. The molecular weight excluding hydrogens is 166 g/mol. The summed E-state index contributed by atoms with van der Waals surface area (Å²) < 4.78 is 0. The van der Waals surface area contributed by atoms with E-state index in [1.54, 1.807) is 24.3 Å². The summed E-state index contributed by atoms with van der Waals surface area (Å²) in [6.07, 6.45) is 1.54. The van der Waals surface area contributed by atoms with Gasteiger partial charge in [0.2, 0.25) is 0 Å². The lowest BCUT2D eigenvalue weighted by molar-refractivity contribution is 0.477. The fraction of sp³-hybridized carbons (Fsp3) is 0. The number of benzene rings is 1. The molecule has 1 aromatic carbocycles. The SMILES string of the molecule is Oc1ccccc1-c1ccnnn1. The molecule has 0 saturated carbocycles. The molecule has 4 nitrogen and oxygen atoms in total. The number of phenols is 1. The van der Waals surface area contributed by atoms with Crippen LogP contribution in [-0.2, 0) is 0 Å². The molecular formula is C9H7N3O. The van der Waals surface area contributed by atoms with Crippen LogP contribution in [0.4, 0.5) is 0 Å². The van der Waals surface area contributed by atoms with Gasteiger partial charge in [-0.1, -0.05) is 12.1 Å². The summed E-state index contributed by atoms with van der Waals surface area (Å²) in [5, 5.41) is 20.3. The third-order valence-electron chi connectivity index (χ3n) is 1.68. The fourth-order valence-electron chi connectivity index (χ4n) is 1.07. The average molecular weight is 173 g/mol. The van der Waals surface area contributed by atoms with Crippen LogP contribution in [0.2, 0.25) is 0 Å². The van der Waals surface area contributed by atoms with E-state index in [2.05, 4.69) is 15.4 Å². The molecule has 0 unspecified atom stereocenters. The van der Waals surface area contributed by atoms with E-state index >= 15 is 0 Å². The normalized spacial score (nSPS) is 9.85. The zero-order chi connectivity index (χ0) is 9.10. The highest BCUT2D eigenvalue weighted by atomic mass is 16.3. The third-order valence-corrected chi connectivity index (χ3v) is 1.68. The number of hydrogen-bond acceptors (Lipinski definition) is 4. The van der Waals surface area contributed by atoms with Crippen molar-refractivity contribution in [3.63, 3.8) is 0 Å². The Hall–Kier alpha value is -1.97. The monoisotopic (exact) mass is 173 g/mol. The molecule has 0 aliphatic carbocycles. The predicted molar refractivity (Wildman–Crippen MR) is 46.9 cm³/mol. The van der Waals surface area contributed by atoms with Crippen molar-refractivity contribution in [3.8, 4) is 17.0 Å². The Morgan fingerprint density at radius 1 is 1.08 bits per heavy atom. The van der Waals surface area contributed by atoms with Crippen LogP contribution in [-0.4, -0.2) is 20.5 Å². The Morgan fingerprint density at radius 3 is 2.62 bits per heavy atom. The van der Waals surface area contributed by atoms with Crippen molar-refractivity contribution in [2.24, 2.45) is 0 Å². The first-order chi connectivity index (χ1) is 6.38. The lowest BCUT2D eigenvalue weighted by atomic mass is 10.1. The van der Waals surface area contributed by atoms with Crippen molar-refractivity contribution >= 4 is 0 Å². The highest BCUT2D eigenvalue weighted by molar-refractivity contribution is 5.65. The first-order valence-electron chi connectivity index (χ1n) is 3.80. The number of phenolic OH excluding ortho intramolecular Hbond substituents is 1. The maximum absolute atomic E-state index is 9.48. The molecule has 0 radical (unpaired) electrons. The predicted octanol–water partition coefficient (Wildman–Crippen LogP) is 1.24. The van der Waals surface area contributed by atoms with Crippen LogP contribution in [0.1, 0.15) is 0 Å². The quantitative estimate of drug-likeness (QED) is 0.704. The standard InChI is InChI=1S/C9H7N3O/c13-9-4-2-1-3-7(9)8-5-6-10-12-11-8/h1-6,13H. The molecule has 0 aliphatic rings. The zero-order valence-corrected chi connectivity index (χ0v) is 6.75. The zero-order valence-electron chi connectivity index (χ0n) is 6.75. The molecule has 1 N–H and O–H groups in total. The van der Waals surface area contributed by atoms with E-state index in [0.29, 0.717) is 11.3 Å². The second-order valence-corrected chi connectivity index (χ2v) is 2.52. The number of aromatic hydroxyl groups is 1. The minimum absolute atomic E-state index is 0.197. The van der Waals surface area contributed by atoms with Crippen LogP contribution in [0.25, 0.3) is 11.3 Å². The molecule has 2 rings (SSSR count). The molecule has 0 bridgehead atoms. The van der Waals surface area contributed by atoms with E-state index in [-0.39, 0.29) is 5.75 Å². The Bertz CT molecular complexity index is 403. The molecule has 0 atom stereocenters. The molecule has 4 heteroatoms. The van der Waals surface area contributed by atoms with E-state index in [0.717, 1.165) is 0 Å². The molecule has 0 saturated heterocycles. The molecule has 0 fully saturated rings. The van der Waals surface area contributed by atoms with Gasteiger partial charge < -0.3 is 5.11 Å². The summed E-state index contributed by atoms with van der Waals surface area (Å²) in [5.74, 6) is 0.197. The molecule has 0 amide bonds. The Labute approximate surface area is 74.9 Å². The van der Waals surface area contributed by atoms with Gasteiger partial charge >= 0.3 is 0 Å². The van der Waals surface area contributed by atoms with Crippen molar-refractivity contribution in [1.82, 2.24) is 15.4 Å². The Kier molecular flexibility index (Phi) is 1.88. The maximum atomic E-state index is 9.48. The number of para-hydroxylation sites is 1. The topological polar surface area (TPSA) is 58.9 Å². The van der Waals surface area contributed by atoms with Crippen molar-refractivity contribution in [2.45, 2.75) is 0 Å². The lowest BCUT2D eigenvalue weighted by Crippen LogP contribution is -1.88. The first-order valence-corrected chi connectivity index (χ1v) is 3.80. The van der Waals surface area contributed by atoms with Crippen molar-refractivity contribution in [1.29, 1.82) is 0 Å². The van der Waals surface area contributed by atoms with Crippen LogP contribution < -0.4 is 0 Å². The van der Waals surface area contributed by atoms with Crippen LogP contribution >= 0.6 is 0 Å². The first kappa shape index (κ1) is 7.67. The highest BCUT2D eigenvalue weighted by Crippen LogP contribution is 2.25. The van der Waals surface area contributed by atoms with Gasteiger partial charge in [0.05, 0.1) is 11.9 Å². The molecule has 64 valence electrons. The van der Waals surface area contributed by atoms with Gasteiger partial charge in [0.15, 0.2) is 0 Å². The fourth-order valence-corrected chi connectivity index (χ4v) is 1.07. The second-order valence-electron chi connectivity index (χ2n) is 2.52.